The number of carbonyl (C=O) groups excluding carboxylic acids is 1. The summed E-state index contributed by atoms with van der Waals surface area (Å²) in [7, 11) is 0. The summed E-state index contributed by atoms with van der Waals surface area (Å²) in [5.74, 6) is 0.646. The average Bonchev–Trinajstić information content (AvgIpc) is 3.42. The Morgan fingerprint density at radius 2 is 1.52 bits per heavy atom. The van der Waals surface area contributed by atoms with Crippen LogP contribution in [0, 0.1) is 6.92 Å². The zero-order valence-corrected chi connectivity index (χ0v) is 14.3. The van der Waals surface area contributed by atoms with Crippen molar-refractivity contribution in [1.29, 1.82) is 0 Å². The van der Waals surface area contributed by atoms with Crippen molar-refractivity contribution in [3.63, 3.8) is 0 Å². The minimum absolute atomic E-state index is 0.327. The van der Waals surface area contributed by atoms with E-state index in [1.165, 1.54) is 24.8 Å². The molecular weight excluding hydrogens is 368 g/mol. The number of carbonyl (C=O) groups is 1. The van der Waals surface area contributed by atoms with Gasteiger partial charge in [0.25, 0.3) is 0 Å². The first-order valence-electron chi connectivity index (χ1n) is 8.36. The molecule has 0 bridgehead atoms. The number of ketones is 1. The van der Waals surface area contributed by atoms with Crippen LogP contribution < -0.4 is 0 Å². The van der Waals surface area contributed by atoms with Crippen molar-refractivity contribution < 1.29 is 11.3 Å². The topological polar surface area (TPSA) is 17.1 Å². The van der Waals surface area contributed by atoms with Crippen molar-refractivity contribution in [3.05, 3.63) is 35.4 Å². The van der Waals surface area contributed by atoms with Gasteiger partial charge in [0, 0.05) is 0 Å². The molecule has 108 valence electrons. The molecule has 0 N–H and O–H groups in total. The van der Waals surface area contributed by atoms with Crippen molar-refractivity contribution in [1.82, 2.24) is 0 Å². The maximum atomic E-state index is 13.7. The molecule has 3 heteroatoms. The SMILES string of the molecule is Cc1ccc(C(=O)[C]23[CH]4[CH]5[CH]6[CH]2[Fe]56432789[CH]3[CH]2[CH]7[C]8(Br)[CH]39)cc1. The second-order valence-electron chi connectivity index (χ2n) is 11.9. The number of hydrogen-bond acceptors (Lipinski definition) is 1. The number of fused-ring (bicyclic) bond motifs is 10. The van der Waals surface area contributed by atoms with Crippen LogP contribution in [0.3, 0.4) is 0 Å². The molecule has 1 aromatic rings. The third-order valence-electron chi connectivity index (χ3n) is 16.3. The monoisotopic (exact) mass is 382 g/mol. The summed E-state index contributed by atoms with van der Waals surface area (Å²) >= 11 is 4.37. The zero-order valence-electron chi connectivity index (χ0n) is 11.6. The van der Waals surface area contributed by atoms with Crippen LogP contribution in [0.15, 0.2) is 24.3 Å². The molecule has 10 heterocycles. The number of alkyl halides is 1. The molecule has 8 atom stereocenters. The fraction of sp³-hybridized carbons (Fsp3) is 0.611. The van der Waals surface area contributed by atoms with Gasteiger partial charge in [0.1, 0.15) is 0 Å². The first-order chi connectivity index (χ1) is 9.84. The first-order valence-corrected chi connectivity index (χ1v) is 15.4. The molecule has 10 aliphatic heterocycles. The van der Waals surface area contributed by atoms with Gasteiger partial charge >= 0.3 is 121 Å². The Bertz CT molecular complexity index is 1320. The molecule has 8 unspecified atom stereocenters. The molecule has 11 rings (SSSR count). The Morgan fingerprint density at radius 1 is 1.00 bits per heavy atom. The normalized spacial score (nSPS) is 102. The number of aryl methyl sites for hydroxylation is 1. The third kappa shape index (κ3) is 0.105. The quantitative estimate of drug-likeness (QED) is 0.388. The number of benzene rings is 1. The second kappa shape index (κ2) is 0.805. The van der Waals surface area contributed by atoms with Crippen LogP contribution in [0.2, 0.25) is 42.8 Å². The second-order valence-corrected chi connectivity index (χ2v) is 37.1. The molecule has 1 nitrogen and oxygen atoms in total. The molecule has 1 aromatic carbocycles. The Morgan fingerprint density at radius 3 is 1.86 bits per heavy atom. The van der Waals surface area contributed by atoms with E-state index in [9.17, 15) is 4.79 Å². The van der Waals surface area contributed by atoms with Gasteiger partial charge in [-0.1, -0.05) is 0 Å². The number of Topliss-reactive ketones (excluding diaryl/α,β-unsaturated/α-hetero) is 1. The van der Waals surface area contributed by atoms with Crippen molar-refractivity contribution in [3.8, 4) is 0 Å². The van der Waals surface area contributed by atoms with E-state index in [4.69, 9.17) is 0 Å². The first kappa shape index (κ1) is 8.66. The van der Waals surface area contributed by atoms with E-state index in [1.54, 1.807) is 0 Å². The van der Waals surface area contributed by atoms with Gasteiger partial charge in [0.05, 0.1) is 0 Å². The molecule has 0 saturated carbocycles. The van der Waals surface area contributed by atoms with Crippen molar-refractivity contribution >= 4 is 21.7 Å². The summed E-state index contributed by atoms with van der Waals surface area (Å²) in [5.41, 5.74) is 2.33. The van der Waals surface area contributed by atoms with Gasteiger partial charge in [-0.15, -0.1) is 0 Å². The molecule has 0 aromatic heterocycles. The van der Waals surface area contributed by atoms with Crippen molar-refractivity contribution in [2.45, 2.75) is 53.0 Å². The van der Waals surface area contributed by atoms with Crippen LogP contribution in [0.25, 0.3) is 0 Å². The van der Waals surface area contributed by atoms with Crippen LogP contribution in [0.1, 0.15) is 15.9 Å². The standard InChI is InChI=1S/C13H11O.C5H4Br.Fe/c1-10-6-8-12(9-7-10)13(14)11-4-2-3-5-11;6-5-3-1-2-4-5;/h2-9H,1H3;1-4H;. The molecule has 21 heavy (non-hydrogen) atoms. The van der Waals surface area contributed by atoms with Gasteiger partial charge in [-0.2, -0.15) is 0 Å². The average molecular weight is 383 g/mol. The number of hydrogen-bond donors (Lipinski definition) is 0. The van der Waals surface area contributed by atoms with Crippen molar-refractivity contribution in [2.75, 3.05) is 0 Å². The van der Waals surface area contributed by atoms with Gasteiger partial charge < -0.3 is 0 Å². The fourth-order valence-electron chi connectivity index (χ4n) is 17.8. The van der Waals surface area contributed by atoms with Crippen LogP contribution >= 0.6 is 15.9 Å². The fourth-order valence-corrected chi connectivity index (χ4v) is 105. The molecule has 10 fully saturated rings. The summed E-state index contributed by atoms with van der Waals surface area (Å²) < 4.78 is 0.981. The van der Waals surface area contributed by atoms with E-state index >= 15 is 0 Å². The van der Waals surface area contributed by atoms with Crippen molar-refractivity contribution in [2.24, 2.45) is 0 Å². The summed E-state index contributed by atoms with van der Waals surface area (Å²) in [4.78, 5) is 22.7. The molecule has 10 saturated heterocycles. The number of halogens is 1. The Kier molecular flexibility index (Phi) is 0.332. The van der Waals surface area contributed by atoms with E-state index in [2.05, 4.69) is 47.1 Å². The number of rotatable bonds is 2. The van der Waals surface area contributed by atoms with Crippen LogP contribution in [0.5, 0.6) is 0 Å². The molecule has 1 spiro atoms. The molecule has 0 radical (unpaired) electrons. The summed E-state index contributed by atoms with van der Waals surface area (Å²) in [6.45, 7) is -1.34. The molecular formula is C18H15BrFeO. The summed E-state index contributed by atoms with van der Waals surface area (Å²) in [6.07, 6.45) is 0. The predicted molar refractivity (Wildman–Crippen MR) is 79.9 cm³/mol. The Balaban J connectivity index is 1.38. The van der Waals surface area contributed by atoms with E-state index in [0.717, 1.165) is 24.8 Å². The third-order valence-corrected chi connectivity index (χ3v) is 66.1. The Hall–Kier alpha value is -0.111. The molecule has 10 aliphatic rings. The predicted octanol–water partition coefficient (Wildman–Crippen LogP) is 5.24. The van der Waals surface area contributed by atoms with Gasteiger partial charge in [0.15, 0.2) is 0 Å². The van der Waals surface area contributed by atoms with E-state index in [0.29, 0.717) is 13.3 Å². The van der Waals surface area contributed by atoms with Gasteiger partial charge in [-0.05, 0) is 0 Å². The Labute approximate surface area is 121 Å². The van der Waals surface area contributed by atoms with Gasteiger partial charge in [0.2, 0.25) is 0 Å². The van der Waals surface area contributed by atoms with Crippen LogP contribution in [0.4, 0.5) is 0 Å². The van der Waals surface area contributed by atoms with E-state index in [-0.39, 0.29) is 0 Å². The van der Waals surface area contributed by atoms with Crippen LogP contribution in [-0.4, -0.2) is 9.01 Å². The maximum absolute atomic E-state index is 13.7. The van der Waals surface area contributed by atoms with E-state index in [1.807, 2.05) is 0 Å². The molecule has 0 aliphatic carbocycles. The minimum atomic E-state index is -3.45. The van der Waals surface area contributed by atoms with Gasteiger partial charge in [-0.3, -0.25) is 0 Å². The van der Waals surface area contributed by atoms with Gasteiger partial charge in [-0.25, -0.2) is 0 Å². The zero-order chi connectivity index (χ0) is 13.5. The van der Waals surface area contributed by atoms with Crippen LogP contribution in [-0.2, 0) is 6.51 Å². The molecule has 0 amide bonds. The summed E-state index contributed by atoms with van der Waals surface area (Å²) in [5, 5.41) is 0. The van der Waals surface area contributed by atoms with E-state index < -0.39 is 6.51 Å². The summed E-state index contributed by atoms with van der Waals surface area (Å²) in [6, 6.07) is 8.54.